The van der Waals surface area contributed by atoms with Crippen LogP contribution in [0, 0.1) is 0 Å². The van der Waals surface area contributed by atoms with Crippen LogP contribution in [-0.4, -0.2) is 111 Å². The monoisotopic (exact) mass is 833 g/mol. The average molecular weight is 833 g/mol. The van der Waals surface area contributed by atoms with Gasteiger partial charge in [0.25, 0.3) is 0 Å². The van der Waals surface area contributed by atoms with Crippen LogP contribution >= 0.6 is 7.60 Å². The number of carbonyl (C=O) groups is 1. The van der Waals surface area contributed by atoms with Crippen molar-refractivity contribution in [1.29, 1.82) is 0 Å². The number of hydrogen-bond acceptors (Lipinski definition) is 10. The van der Waals surface area contributed by atoms with Crippen molar-refractivity contribution < 1.29 is 47.7 Å². The normalized spacial score (nSPS) is 22.2. The maximum Gasteiger partial charge on any atom is 0.431 e. The van der Waals surface area contributed by atoms with Gasteiger partial charge in [0.15, 0.2) is 12.1 Å². The predicted octanol–water partition coefficient (Wildman–Crippen LogP) is 4.61. The fraction of sp³-hybridized carbons (Fsp3) is 0.366. The van der Waals surface area contributed by atoms with Crippen molar-refractivity contribution in [3.63, 3.8) is 0 Å². The Balaban J connectivity index is 1.16. The first-order valence-electron chi connectivity index (χ1n) is 20.3. The highest BCUT2D eigenvalue weighted by atomic mass is 31.2. The summed E-state index contributed by atoms with van der Waals surface area (Å²) in [5.41, 5.74) is 4.35. The Kier molecular flexibility index (Phi) is 11.1. The summed E-state index contributed by atoms with van der Waals surface area (Å²) >= 11 is 0. The summed E-state index contributed by atoms with van der Waals surface area (Å²) in [5.74, 6) is -0.0453. The quantitative estimate of drug-likeness (QED) is 0.0761. The standard InChI is InChI=1S/C41H47B3N5O10P/c1-41(2)58-37-35(21-28-11-6-4-7-12-28)46(23-30-15-10-16-32(19-30)55-27-60(52,53)54)40(50)47(36(38(37)59-41)22-29-13-8-5-9-14-29)24-31-17-18-34-33(20-31)39(45-49(34)42(3)51)48(43-25-56-43)44-26-57-44/h4-20,35-38,51H,21-27H2,1-3H3,(H2,52,53,54)/t35-,36-,37+,38+/m1/s1. The van der Waals surface area contributed by atoms with E-state index in [0.29, 0.717) is 37.2 Å². The molecule has 4 saturated heterocycles. The molecule has 0 bridgehead atoms. The van der Waals surface area contributed by atoms with Crippen LogP contribution in [0.3, 0.4) is 0 Å². The summed E-state index contributed by atoms with van der Waals surface area (Å²) in [6, 6.07) is 31.8. The van der Waals surface area contributed by atoms with Gasteiger partial charge in [-0.25, -0.2) is 4.79 Å². The maximum absolute atomic E-state index is 15.7. The summed E-state index contributed by atoms with van der Waals surface area (Å²) in [4.78, 5) is 38.5. The van der Waals surface area contributed by atoms with Crippen molar-refractivity contribution >= 4 is 51.5 Å². The molecule has 4 aromatic carbocycles. The Hall–Kier alpha value is -4.64. The number of anilines is 1. The van der Waals surface area contributed by atoms with Crippen molar-refractivity contribution in [2.75, 3.05) is 24.1 Å². The van der Waals surface area contributed by atoms with Gasteiger partial charge in [0.2, 0.25) is 0 Å². The number of urea groups is 1. The van der Waals surface area contributed by atoms with Gasteiger partial charge in [0, 0.05) is 18.5 Å². The third-order valence-corrected chi connectivity index (χ3v) is 11.9. The molecule has 0 spiro atoms. The molecule has 1 aromatic heterocycles. The van der Waals surface area contributed by atoms with Crippen molar-refractivity contribution in [1.82, 2.24) is 19.5 Å². The number of ether oxygens (including phenoxy) is 3. The molecular formula is C41H47B3N5O10P. The van der Waals surface area contributed by atoms with Gasteiger partial charge >= 0.3 is 34.8 Å². The van der Waals surface area contributed by atoms with E-state index in [-0.39, 0.29) is 39.0 Å². The number of fused-ring (bicyclic) bond motifs is 2. The Morgan fingerprint density at radius 1 is 0.817 bits per heavy atom. The van der Waals surface area contributed by atoms with Crippen LogP contribution in [-0.2, 0) is 49.3 Å². The van der Waals surface area contributed by atoms with Crippen molar-refractivity contribution in [2.45, 2.75) is 76.7 Å². The second-order valence-corrected chi connectivity index (χ2v) is 18.0. The Bertz CT molecular complexity index is 2370. The molecule has 4 atom stereocenters. The Labute approximate surface area is 349 Å². The maximum atomic E-state index is 15.7. The van der Waals surface area contributed by atoms with Gasteiger partial charge in [-0.2, -0.15) is 5.10 Å². The molecule has 3 N–H and O–H groups in total. The van der Waals surface area contributed by atoms with Gasteiger partial charge in [-0.05, 0) is 80.0 Å². The fourth-order valence-electron chi connectivity index (χ4n) is 8.65. The first kappa shape index (κ1) is 40.8. The molecule has 2 amide bonds. The lowest BCUT2D eigenvalue weighted by Crippen LogP contribution is -2.51. The summed E-state index contributed by atoms with van der Waals surface area (Å²) < 4.78 is 46.0. The van der Waals surface area contributed by atoms with Gasteiger partial charge in [-0.1, -0.05) is 78.9 Å². The van der Waals surface area contributed by atoms with E-state index in [1.54, 1.807) is 29.6 Å². The molecule has 9 rings (SSSR count). The third-order valence-electron chi connectivity index (χ3n) is 11.4. The minimum absolute atomic E-state index is 0.146. The molecule has 5 aromatic rings. The topological polar surface area (TPSA) is 175 Å². The van der Waals surface area contributed by atoms with Gasteiger partial charge in [-0.3, -0.25) is 9.16 Å². The van der Waals surface area contributed by atoms with E-state index in [0.717, 1.165) is 27.6 Å². The lowest BCUT2D eigenvalue weighted by Gasteiger charge is -2.37. The second-order valence-electron chi connectivity index (χ2n) is 16.4. The van der Waals surface area contributed by atoms with Crippen LogP contribution in [0.4, 0.5) is 10.6 Å². The summed E-state index contributed by atoms with van der Waals surface area (Å²) in [6.07, 6.45) is -0.877. The van der Waals surface area contributed by atoms with Crippen molar-refractivity contribution in [3.8, 4) is 5.75 Å². The van der Waals surface area contributed by atoms with Crippen LogP contribution in [0.25, 0.3) is 10.9 Å². The summed E-state index contributed by atoms with van der Waals surface area (Å²) in [6.45, 7) is 6.94. The molecule has 0 unspecified atom stereocenters. The molecule has 0 aliphatic carbocycles. The molecule has 4 fully saturated rings. The van der Waals surface area contributed by atoms with Gasteiger partial charge in [0.1, 0.15) is 23.8 Å². The van der Waals surface area contributed by atoms with Crippen molar-refractivity contribution in [2.24, 2.45) is 0 Å². The van der Waals surface area contributed by atoms with Gasteiger partial charge in [-0.15, -0.1) is 0 Å². The smallest absolute Gasteiger partial charge is 0.431 e. The molecule has 310 valence electrons. The molecule has 0 saturated carbocycles. The van der Waals surface area contributed by atoms with E-state index in [1.165, 1.54) is 0 Å². The number of hydrogen-bond donors (Lipinski definition) is 3. The molecule has 4 aliphatic rings. The van der Waals surface area contributed by atoms with Crippen LogP contribution < -0.4 is 9.46 Å². The molecule has 4 aliphatic heterocycles. The van der Waals surface area contributed by atoms with E-state index in [9.17, 15) is 19.4 Å². The zero-order valence-electron chi connectivity index (χ0n) is 33.7. The van der Waals surface area contributed by atoms with Gasteiger partial charge in [0.05, 0.1) is 30.6 Å². The Morgan fingerprint density at radius 3 is 1.87 bits per heavy atom. The third kappa shape index (κ3) is 8.88. The van der Waals surface area contributed by atoms with Crippen LogP contribution in [0.5, 0.6) is 5.75 Å². The van der Waals surface area contributed by atoms with Gasteiger partial charge < -0.3 is 52.9 Å². The number of amides is 2. The minimum atomic E-state index is -4.44. The molecule has 5 heterocycles. The van der Waals surface area contributed by atoms with Crippen LogP contribution in [0.15, 0.2) is 103 Å². The van der Waals surface area contributed by atoms with Crippen LogP contribution in [0.1, 0.15) is 36.1 Å². The molecular weight excluding hydrogens is 786 g/mol. The average Bonchev–Trinajstić information content (AvgIpc) is 4.17. The predicted molar refractivity (Wildman–Crippen MR) is 227 cm³/mol. The molecule has 19 heteroatoms. The molecule has 0 radical (unpaired) electrons. The first-order chi connectivity index (χ1) is 28.8. The second kappa shape index (κ2) is 16.3. The lowest BCUT2D eigenvalue weighted by molar-refractivity contribution is -0.157. The van der Waals surface area contributed by atoms with Crippen molar-refractivity contribution in [3.05, 3.63) is 125 Å². The zero-order valence-corrected chi connectivity index (χ0v) is 34.6. The molecule has 60 heavy (non-hydrogen) atoms. The first-order valence-corrected chi connectivity index (χ1v) is 22.1. The van der Waals surface area contributed by atoms with E-state index >= 15 is 4.79 Å². The number of aromatic nitrogens is 2. The van der Waals surface area contributed by atoms with E-state index in [4.69, 9.17) is 28.6 Å². The van der Waals surface area contributed by atoms with E-state index in [1.807, 2.05) is 101 Å². The largest absolute Gasteiger partial charge is 0.481 e. The zero-order chi connectivity index (χ0) is 41.8. The molecule has 15 nitrogen and oxygen atoms in total. The van der Waals surface area contributed by atoms with E-state index in [2.05, 4.69) is 12.1 Å². The number of rotatable bonds is 15. The summed E-state index contributed by atoms with van der Waals surface area (Å²) in [7, 11) is -5.69. The fourth-order valence-corrected chi connectivity index (χ4v) is 8.96. The Morgan fingerprint density at radius 2 is 1.35 bits per heavy atom. The van der Waals surface area contributed by atoms with Crippen LogP contribution in [0.2, 0.25) is 6.82 Å². The number of nitrogens with zero attached hydrogens (tertiary/aromatic N) is 5. The lowest BCUT2D eigenvalue weighted by atomic mass is 9.76. The summed E-state index contributed by atoms with van der Waals surface area (Å²) in [5, 5.41) is 16.4. The minimum Gasteiger partial charge on any atom is -0.481 e. The van der Waals surface area contributed by atoms with E-state index < -0.39 is 51.1 Å². The highest BCUT2D eigenvalue weighted by molar-refractivity contribution is 7.51. The highest BCUT2D eigenvalue weighted by Gasteiger charge is 2.56. The SMILES string of the molecule is CB(O)n1nc(N(B2CO2)B2CO2)c2cc(CN3C(=O)N(Cc4cccc(OCP(=O)(O)O)c4)[C@H](Cc4ccccc4)[C@@H]4OC(C)(C)O[C@H]4[C@H]3Cc3ccccc3)ccc21. The number of benzene rings is 4. The number of carbonyl (C=O) groups excluding carboxylic acids is 1. The highest BCUT2D eigenvalue weighted by Crippen LogP contribution is 2.42.